The van der Waals surface area contributed by atoms with Crippen molar-refractivity contribution in [3.8, 4) is 5.75 Å². The zero-order chi connectivity index (χ0) is 16.6. The van der Waals surface area contributed by atoms with Gasteiger partial charge < -0.3 is 14.2 Å². The van der Waals surface area contributed by atoms with E-state index >= 15 is 0 Å². The fourth-order valence-electron chi connectivity index (χ4n) is 2.59. The molecular formula is C15H17N3O4S. The van der Waals surface area contributed by atoms with Crippen LogP contribution in [0.15, 0.2) is 41.8 Å². The summed E-state index contributed by atoms with van der Waals surface area (Å²) in [5.41, 5.74) is 0.691. The highest BCUT2D eigenvalue weighted by molar-refractivity contribution is 7.90. The Kier molecular flexibility index (Phi) is 3.85. The van der Waals surface area contributed by atoms with Crippen molar-refractivity contribution in [2.75, 3.05) is 17.7 Å². The molecule has 122 valence electrons. The summed E-state index contributed by atoms with van der Waals surface area (Å²) in [7, 11) is -3.40. The Hall–Kier alpha value is -2.35. The molecule has 1 atom stereocenters. The van der Waals surface area contributed by atoms with Crippen LogP contribution in [-0.2, 0) is 21.2 Å². The molecule has 8 heteroatoms. The van der Waals surface area contributed by atoms with Crippen molar-refractivity contribution in [3.05, 3.63) is 36.7 Å². The van der Waals surface area contributed by atoms with Crippen molar-refractivity contribution in [2.24, 2.45) is 0 Å². The number of amides is 1. The molecule has 1 aromatic heterocycles. The third kappa shape index (κ3) is 2.94. The molecule has 0 unspecified atom stereocenters. The summed E-state index contributed by atoms with van der Waals surface area (Å²) in [6.45, 7) is 2.36. The van der Waals surface area contributed by atoms with E-state index in [0.717, 1.165) is 6.26 Å². The highest BCUT2D eigenvalue weighted by atomic mass is 32.2. The number of aromatic nitrogens is 2. The Morgan fingerprint density at radius 3 is 2.74 bits per heavy atom. The summed E-state index contributed by atoms with van der Waals surface area (Å²) in [5, 5.41) is -0.000424. The van der Waals surface area contributed by atoms with Gasteiger partial charge >= 0.3 is 0 Å². The van der Waals surface area contributed by atoms with Crippen LogP contribution in [0.3, 0.4) is 0 Å². The molecule has 0 saturated carbocycles. The standard InChI is InChI=1S/C15H17N3O4S/c1-11-14(19)18(12-5-3-4-6-13(12)22-11)10-9-17-8-7-16-15(17)23(2,20)21/h3-8,11H,9-10H2,1-2H3/t11-/m1/s1. The molecule has 0 radical (unpaired) electrons. The summed E-state index contributed by atoms with van der Waals surface area (Å²) < 4.78 is 30.5. The van der Waals surface area contributed by atoms with Gasteiger partial charge in [-0.2, -0.15) is 0 Å². The first-order valence-corrected chi connectivity index (χ1v) is 9.05. The zero-order valence-corrected chi connectivity index (χ0v) is 13.7. The Labute approximate surface area is 134 Å². The molecule has 7 nitrogen and oxygen atoms in total. The predicted molar refractivity (Wildman–Crippen MR) is 84.2 cm³/mol. The number of hydrogen-bond donors (Lipinski definition) is 0. The van der Waals surface area contributed by atoms with Crippen LogP contribution in [-0.4, -0.2) is 42.8 Å². The SMILES string of the molecule is C[C@H]1Oc2ccccc2N(CCn2ccnc2S(C)(=O)=O)C1=O. The van der Waals surface area contributed by atoms with Crippen LogP contribution in [0.25, 0.3) is 0 Å². The topological polar surface area (TPSA) is 81.5 Å². The molecule has 0 bridgehead atoms. The molecule has 1 aliphatic rings. The molecule has 1 amide bonds. The number of carbonyl (C=O) groups excluding carboxylic acids is 1. The van der Waals surface area contributed by atoms with Gasteiger partial charge in [0, 0.05) is 31.7 Å². The summed E-state index contributed by atoms with van der Waals surface area (Å²) in [4.78, 5) is 17.9. The van der Waals surface area contributed by atoms with Gasteiger partial charge in [0.05, 0.1) is 5.69 Å². The highest BCUT2D eigenvalue weighted by Crippen LogP contribution is 2.33. The molecule has 2 aromatic rings. The van der Waals surface area contributed by atoms with E-state index in [0.29, 0.717) is 24.5 Å². The Bertz CT molecular complexity index is 844. The maximum Gasteiger partial charge on any atom is 0.267 e. The van der Waals surface area contributed by atoms with Crippen molar-refractivity contribution >= 4 is 21.4 Å². The second-order valence-corrected chi connectivity index (χ2v) is 7.30. The fraction of sp³-hybridized carbons (Fsp3) is 0.333. The molecular weight excluding hydrogens is 318 g/mol. The second-order valence-electron chi connectivity index (χ2n) is 5.39. The van der Waals surface area contributed by atoms with Crippen molar-refractivity contribution in [1.82, 2.24) is 9.55 Å². The van der Waals surface area contributed by atoms with Crippen molar-refractivity contribution in [3.63, 3.8) is 0 Å². The van der Waals surface area contributed by atoms with Crippen molar-refractivity contribution < 1.29 is 17.9 Å². The first-order chi connectivity index (χ1) is 10.9. The van der Waals surface area contributed by atoms with Crippen LogP contribution in [0.2, 0.25) is 0 Å². The number of para-hydroxylation sites is 2. The maximum absolute atomic E-state index is 12.4. The molecule has 0 N–H and O–H groups in total. The summed E-state index contributed by atoms with van der Waals surface area (Å²) in [6.07, 6.45) is 3.58. The normalized spacial score (nSPS) is 17.7. The summed E-state index contributed by atoms with van der Waals surface area (Å²) in [5.74, 6) is 0.498. The van der Waals surface area contributed by atoms with E-state index in [2.05, 4.69) is 4.98 Å². The molecule has 3 rings (SSSR count). The number of ether oxygens (including phenoxy) is 1. The van der Waals surface area contributed by atoms with Gasteiger partial charge in [-0.05, 0) is 19.1 Å². The van der Waals surface area contributed by atoms with E-state index < -0.39 is 15.9 Å². The maximum atomic E-state index is 12.4. The van der Waals surface area contributed by atoms with Gasteiger partial charge in [-0.3, -0.25) is 4.79 Å². The smallest absolute Gasteiger partial charge is 0.267 e. The number of carbonyl (C=O) groups is 1. The van der Waals surface area contributed by atoms with Crippen molar-refractivity contribution in [1.29, 1.82) is 0 Å². The quantitative estimate of drug-likeness (QED) is 0.836. The lowest BCUT2D eigenvalue weighted by molar-refractivity contribution is -0.125. The molecule has 0 aliphatic carbocycles. The molecule has 0 fully saturated rings. The summed E-state index contributed by atoms with van der Waals surface area (Å²) >= 11 is 0. The van der Waals surface area contributed by atoms with Gasteiger partial charge in [-0.25, -0.2) is 13.4 Å². The van der Waals surface area contributed by atoms with Gasteiger partial charge in [0.1, 0.15) is 5.75 Å². The van der Waals surface area contributed by atoms with Crippen LogP contribution in [0.4, 0.5) is 5.69 Å². The van der Waals surface area contributed by atoms with E-state index in [-0.39, 0.29) is 11.1 Å². The number of fused-ring (bicyclic) bond motifs is 1. The van der Waals surface area contributed by atoms with E-state index in [4.69, 9.17) is 4.74 Å². The number of sulfone groups is 1. The average molecular weight is 335 g/mol. The van der Waals surface area contributed by atoms with E-state index in [1.54, 1.807) is 18.0 Å². The minimum Gasteiger partial charge on any atom is -0.479 e. The lowest BCUT2D eigenvalue weighted by Gasteiger charge is -2.33. The second kappa shape index (κ2) is 5.69. The number of rotatable bonds is 4. The van der Waals surface area contributed by atoms with Crippen LogP contribution in [0.1, 0.15) is 6.92 Å². The van der Waals surface area contributed by atoms with Gasteiger partial charge in [0.25, 0.3) is 5.91 Å². The van der Waals surface area contributed by atoms with Gasteiger partial charge in [-0.15, -0.1) is 0 Å². The molecule has 1 aromatic carbocycles. The average Bonchev–Trinajstić information content (AvgIpc) is 2.96. The lowest BCUT2D eigenvalue weighted by atomic mass is 10.2. The predicted octanol–water partition coefficient (Wildman–Crippen LogP) is 1.10. The van der Waals surface area contributed by atoms with Crippen LogP contribution in [0, 0.1) is 0 Å². The summed E-state index contributed by atoms with van der Waals surface area (Å²) in [6, 6.07) is 7.30. The largest absolute Gasteiger partial charge is 0.479 e. The van der Waals surface area contributed by atoms with E-state index in [1.165, 1.54) is 10.8 Å². The van der Waals surface area contributed by atoms with E-state index in [9.17, 15) is 13.2 Å². The first kappa shape index (κ1) is 15.5. The number of nitrogens with zero attached hydrogens (tertiary/aromatic N) is 3. The number of imidazole rings is 1. The Balaban J connectivity index is 1.86. The third-order valence-electron chi connectivity index (χ3n) is 3.65. The number of anilines is 1. The van der Waals surface area contributed by atoms with Gasteiger partial charge in [0.2, 0.25) is 15.0 Å². The van der Waals surface area contributed by atoms with Gasteiger partial charge in [0.15, 0.2) is 6.10 Å². The van der Waals surface area contributed by atoms with E-state index in [1.807, 2.05) is 24.3 Å². The molecule has 1 aliphatic heterocycles. The lowest BCUT2D eigenvalue weighted by Crippen LogP contribution is -2.45. The van der Waals surface area contributed by atoms with Crippen LogP contribution in [0.5, 0.6) is 5.75 Å². The molecule has 0 saturated heterocycles. The Morgan fingerprint density at radius 2 is 2.00 bits per heavy atom. The molecule has 0 spiro atoms. The highest BCUT2D eigenvalue weighted by Gasteiger charge is 2.31. The molecule has 2 heterocycles. The number of benzene rings is 1. The fourth-order valence-corrected chi connectivity index (χ4v) is 3.42. The Morgan fingerprint density at radius 1 is 1.26 bits per heavy atom. The minimum atomic E-state index is -3.40. The molecule has 23 heavy (non-hydrogen) atoms. The number of hydrogen-bond acceptors (Lipinski definition) is 5. The third-order valence-corrected chi connectivity index (χ3v) is 4.65. The van der Waals surface area contributed by atoms with Crippen LogP contribution < -0.4 is 9.64 Å². The first-order valence-electron chi connectivity index (χ1n) is 7.16. The zero-order valence-electron chi connectivity index (χ0n) is 12.8. The van der Waals surface area contributed by atoms with Crippen molar-refractivity contribution in [2.45, 2.75) is 24.7 Å². The minimum absolute atomic E-state index is 0.000424. The van der Waals surface area contributed by atoms with Crippen LogP contribution >= 0.6 is 0 Å². The van der Waals surface area contributed by atoms with Gasteiger partial charge in [-0.1, -0.05) is 12.1 Å². The monoisotopic (exact) mass is 335 g/mol.